The molecule has 0 bridgehead atoms. The molecule has 0 atom stereocenters. The molecule has 7 nitrogen and oxygen atoms in total. The lowest BCUT2D eigenvalue weighted by Crippen LogP contribution is -2.31. The zero-order valence-corrected chi connectivity index (χ0v) is 17.3. The van der Waals surface area contributed by atoms with Crippen LogP contribution in [0.3, 0.4) is 0 Å². The molecule has 0 fully saturated rings. The van der Waals surface area contributed by atoms with Gasteiger partial charge >= 0.3 is 5.69 Å². The third-order valence-corrected chi connectivity index (χ3v) is 5.14. The molecule has 0 aliphatic carbocycles. The minimum absolute atomic E-state index is 0.253. The van der Waals surface area contributed by atoms with Gasteiger partial charge < -0.3 is 9.47 Å². The number of aryl methyl sites for hydroxylation is 3. The molecule has 1 N–H and O–H groups in total. The molecule has 0 unspecified atom stereocenters. The van der Waals surface area contributed by atoms with Gasteiger partial charge in [0.05, 0.1) is 6.54 Å². The maximum absolute atomic E-state index is 12.4. The highest BCUT2D eigenvalue weighted by Crippen LogP contribution is 2.21. The molecule has 1 aromatic carbocycles. The van der Waals surface area contributed by atoms with Crippen LogP contribution in [0, 0.1) is 6.92 Å². The second-order valence-corrected chi connectivity index (χ2v) is 7.58. The number of fused-ring (bicyclic) bond motifs is 1. The summed E-state index contributed by atoms with van der Waals surface area (Å²) < 4.78 is 3.38. The van der Waals surface area contributed by atoms with Crippen LogP contribution in [0.4, 0.5) is 5.69 Å². The molecular formula is C21H29N5O2. The lowest BCUT2D eigenvalue weighted by molar-refractivity contribution is 0.612. The highest BCUT2D eigenvalue weighted by atomic mass is 16.2. The summed E-state index contributed by atoms with van der Waals surface area (Å²) in [5, 5.41) is 0. The van der Waals surface area contributed by atoms with Crippen LogP contribution in [0.15, 0.2) is 33.9 Å². The van der Waals surface area contributed by atoms with E-state index in [1.807, 2.05) is 7.05 Å². The number of aromatic amines is 1. The largest absolute Gasteiger partial charge is 0.362 e. The molecule has 2 aromatic heterocycles. The standard InChI is InChI=1S/C21H29N5O2/c1-6-7-12-25-19-18(20(27)23-21(25)28)24(5)17(22-19)13-26(14(2)3)16-10-8-15(4)9-11-16/h8-11,14H,6-7,12-13H2,1-5H3,(H,23,27,28). The molecule has 0 aliphatic heterocycles. The van der Waals surface area contributed by atoms with Crippen molar-refractivity contribution >= 4 is 16.9 Å². The van der Waals surface area contributed by atoms with Gasteiger partial charge in [0.1, 0.15) is 5.82 Å². The van der Waals surface area contributed by atoms with Gasteiger partial charge in [-0.2, -0.15) is 0 Å². The summed E-state index contributed by atoms with van der Waals surface area (Å²) in [4.78, 5) is 34.1. The van der Waals surface area contributed by atoms with Crippen molar-refractivity contribution < 1.29 is 0 Å². The van der Waals surface area contributed by atoms with Crippen molar-refractivity contribution in [3.63, 3.8) is 0 Å². The van der Waals surface area contributed by atoms with E-state index >= 15 is 0 Å². The molecule has 7 heteroatoms. The maximum Gasteiger partial charge on any atom is 0.330 e. The van der Waals surface area contributed by atoms with Crippen molar-refractivity contribution in [2.45, 2.75) is 59.7 Å². The molecule has 0 saturated carbocycles. The van der Waals surface area contributed by atoms with Crippen molar-refractivity contribution in [2.24, 2.45) is 7.05 Å². The number of unbranched alkanes of at least 4 members (excludes halogenated alkanes) is 1. The third kappa shape index (κ3) is 3.74. The van der Waals surface area contributed by atoms with Gasteiger partial charge in [0.15, 0.2) is 11.2 Å². The first-order chi connectivity index (χ1) is 13.3. The Morgan fingerprint density at radius 1 is 1.18 bits per heavy atom. The van der Waals surface area contributed by atoms with Crippen molar-refractivity contribution in [3.05, 3.63) is 56.5 Å². The first-order valence-corrected chi connectivity index (χ1v) is 9.85. The Morgan fingerprint density at radius 2 is 1.86 bits per heavy atom. The molecule has 0 spiro atoms. The Hall–Kier alpha value is -2.83. The van der Waals surface area contributed by atoms with Crippen LogP contribution in [0.25, 0.3) is 11.2 Å². The molecule has 150 valence electrons. The van der Waals surface area contributed by atoms with Crippen LogP contribution < -0.4 is 16.1 Å². The number of benzene rings is 1. The van der Waals surface area contributed by atoms with Gasteiger partial charge in [0.25, 0.3) is 5.56 Å². The number of imidazole rings is 1. The van der Waals surface area contributed by atoms with Crippen LogP contribution in [0.5, 0.6) is 0 Å². The van der Waals surface area contributed by atoms with Gasteiger partial charge in [-0.05, 0) is 39.3 Å². The number of rotatable bonds is 7. The molecule has 0 saturated heterocycles. The topological polar surface area (TPSA) is 75.9 Å². The molecule has 3 rings (SSSR count). The predicted octanol–water partition coefficient (Wildman–Crippen LogP) is 2.95. The van der Waals surface area contributed by atoms with E-state index in [1.165, 1.54) is 5.56 Å². The number of anilines is 1. The van der Waals surface area contributed by atoms with E-state index in [0.29, 0.717) is 24.3 Å². The lowest BCUT2D eigenvalue weighted by atomic mass is 10.2. The zero-order chi connectivity index (χ0) is 20.4. The predicted molar refractivity (Wildman–Crippen MR) is 113 cm³/mol. The van der Waals surface area contributed by atoms with Crippen molar-refractivity contribution in [1.82, 2.24) is 19.1 Å². The summed E-state index contributed by atoms with van der Waals surface area (Å²) in [6.07, 6.45) is 1.82. The average Bonchev–Trinajstić information content (AvgIpc) is 2.97. The summed E-state index contributed by atoms with van der Waals surface area (Å²) >= 11 is 0. The number of nitrogens with zero attached hydrogens (tertiary/aromatic N) is 4. The molecule has 0 radical (unpaired) electrons. The summed E-state index contributed by atoms with van der Waals surface area (Å²) in [5.41, 5.74) is 2.44. The Balaban J connectivity index is 2.08. The van der Waals surface area contributed by atoms with Gasteiger partial charge in [-0.15, -0.1) is 0 Å². The van der Waals surface area contributed by atoms with Crippen molar-refractivity contribution in [2.75, 3.05) is 4.90 Å². The summed E-state index contributed by atoms with van der Waals surface area (Å²) in [7, 11) is 1.84. The summed E-state index contributed by atoms with van der Waals surface area (Å²) in [6, 6.07) is 8.63. The second kappa shape index (κ2) is 8.04. The normalized spacial score (nSPS) is 11.5. The fourth-order valence-electron chi connectivity index (χ4n) is 3.42. The molecule has 3 aromatic rings. The number of nitrogens with one attached hydrogen (secondary N) is 1. The van der Waals surface area contributed by atoms with E-state index in [9.17, 15) is 9.59 Å². The van der Waals surface area contributed by atoms with Crippen LogP contribution >= 0.6 is 0 Å². The van der Waals surface area contributed by atoms with Crippen LogP contribution in [-0.4, -0.2) is 25.1 Å². The number of H-pyrrole nitrogens is 1. The highest BCUT2D eigenvalue weighted by Gasteiger charge is 2.19. The minimum Gasteiger partial charge on any atom is -0.362 e. The van der Waals surface area contributed by atoms with E-state index in [4.69, 9.17) is 4.98 Å². The van der Waals surface area contributed by atoms with E-state index in [1.54, 1.807) is 9.13 Å². The number of hydrogen-bond acceptors (Lipinski definition) is 4. The second-order valence-electron chi connectivity index (χ2n) is 7.58. The number of hydrogen-bond donors (Lipinski definition) is 1. The van der Waals surface area contributed by atoms with E-state index in [-0.39, 0.29) is 11.6 Å². The smallest absolute Gasteiger partial charge is 0.330 e. The van der Waals surface area contributed by atoms with Gasteiger partial charge in [-0.3, -0.25) is 14.3 Å². The van der Waals surface area contributed by atoms with Crippen molar-refractivity contribution in [1.29, 1.82) is 0 Å². The Kier molecular flexibility index (Phi) is 5.72. The van der Waals surface area contributed by atoms with Crippen molar-refractivity contribution in [3.8, 4) is 0 Å². The lowest BCUT2D eigenvalue weighted by Gasteiger charge is -2.28. The zero-order valence-electron chi connectivity index (χ0n) is 17.3. The molecule has 0 amide bonds. The SMILES string of the molecule is CCCCn1c(=O)[nH]c(=O)c2c1nc(CN(c1ccc(C)cc1)C(C)C)n2C. The molecule has 28 heavy (non-hydrogen) atoms. The highest BCUT2D eigenvalue weighted by molar-refractivity contribution is 5.71. The van der Waals surface area contributed by atoms with Gasteiger partial charge in [0.2, 0.25) is 0 Å². The monoisotopic (exact) mass is 383 g/mol. The average molecular weight is 383 g/mol. The van der Waals surface area contributed by atoms with E-state index in [2.05, 4.69) is 61.8 Å². The van der Waals surface area contributed by atoms with Gasteiger partial charge in [-0.25, -0.2) is 9.78 Å². The fourth-order valence-corrected chi connectivity index (χ4v) is 3.42. The Bertz CT molecular complexity index is 1070. The summed E-state index contributed by atoms with van der Waals surface area (Å²) in [6.45, 7) is 9.49. The maximum atomic E-state index is 12.4. The molecule has 0 aliphatic rings. The molecular weight excluding hydrogens is 354 g/mol. The Labute approximate surface area is 164 Å². The third-order valence-electron chi connectivity index (χ3n) is 5.14. The fraction of sp³-hybridized carbons (Fsp3) is 0.476. The Morgan fingerprint density at radius 3 is 2.46 bits per heavy atom. The van der Waals surface area contributed by atoms with E-state index in [0.717, 1.165) is 24.4 Å². The van der Waals surface area contributed by atoms with Gasteiger partial charge in [0, 0.05) is 25.3 Å². The quantitative estimate of drug-likeness (QED) is 0.681. The first kappa shape index (κ1) is 19.9. The minimum atomic E-state index is -0.394. The first-order valence-electron chi connectivity index (χ1n) is 9.85. The van der Waals surface area contributed by atoms with E-state index < -0.39 is 5.69 Å². The van der Waals surface area contributed by atoms with Gasteiger partial charge in [-0.1, -0.05) is 31.0 Å². The van der Waals surface area contributed by atoms with Crippen LogP contribution in [0.2, 0.25) is 0 Å². The van der Waals surface area contributed by atoms with Crippen LogP contribution in [0.1, 0.15) is 45.0 Å². The molecule has 2 heterocycles. The van der Waals surface area contributed by atoms with Crippen LogP contribution in [-0.2, 0) is 20.1 Å². The summed E-state index contributed by atoms with van der Waals surface area (Å²) in [5.74, 6) is 0.755. The number of aromatic nitrogens is 4.